The van der Waals surface area contributed by atoms with E-state index in [0.29, 0.717) is 25.9 Å². The molecule has 1 aliphatic heterocycles. The first-order valence-electron chi connectivity index (χ1n) is 12.5. The molecular formula is C26H35N5O5S. The summed E-state index contributed by atoms with van der Waals surface area (Å²) in [7, 11) is -2.25. The van der Waals surface area contributed by atoms with Crippen molar-refractivity contribution in [2.24, 2.45) is 5.92 Å². The maximum atomic E-state index is 13.5. The first-order chi connectivity index (χ1) is 17.7. The lowest BCUT2D eigenvalue weighted by atomic mass is 10.0. The topological polar surface area (TPSA) is 118 Å². The van der Waals surface area contributed by atoms with Crippen molar-refractivity contribution in [2.75, 3.05) is 26.7 Å². The standard InChI is InChI=1S/C26H35N5O5S/c1-19-15-30(20(2)17-32)26(33)9-6-12-31-23(14-27-28-31)18-36-25(19)16-29(3)37(34,35)24-11-10-21-7-4-5-8-22(21)13-24/h4-5,7-8,10-11,13-14,19-20,25,32H,6,9,12,15-18H2,1-3H3/t19-,20-,25+/m1/s1. The molecule has 4 rings (SSSR count). The minimum Gasteiger partial charge on any atom is -0.394 e. The number of sulfonamides is 1. The Morgan fingerprint density at radius 1 is 1.22 bits per heavy atom. The van der Waals surface area contributed by atoms with Crippen LogP contribution in [0.25, 0.3) is 10.8 Å². The quantitative estimate of drug-likeness (QED) is 0.521. The third kappa shape index (κ3) is 6.18. The van der Waals surface area contributed by atoms with Crippen LogP contribution in [0, 0.1) is 5.92 Å². The van der Waals surface area contributed by atoms with Crippen LogP contribution >= 0.6 is 0 Å². The van der Waals surface area contributed by atoms with Gasteiger partial charge in [0.05, 0.1) is 42.1 Å². The van der Waals surface area contributed by atoms with Crippen molar-refractivity contribution in [3.05, 3.63) is 54.4 Å². The minimum absolute atomic E-state index is 0.0634. The number of nitrogens with zero attached hydrogens (tertiary/aromatic N) is 5. The second-order valence-electron chi connectivity index (χ2n) is 9.75. The number of aliphatic hydroxyl groups excluding tert-OH is 1. The average Bonchev–Trinajstić information content (AvgIpc) is 3.34. The summed E-state index contributed by atoms with van der Waals surface area (Å²) in [5, 5.41) is 19.7. The molecule has 1 N–H and O–H groups in total. The van der Waals surface area contributed by atoms with E-state index in [4.69, 9.17) is 4.74 Å². The number of amides is 1. The molecule has 10 nitrogen and oxygen atoms in total. The van der Waals surface area contributed by atoms with E-state index >= 15 is 0 Å². The predicted octanol–water partition coefficient (Wildman–Crippen LogP) is 2.28. The van der Waals surface area contributed by atoms with E-state index in [1.165, 1.54) is 4.31 Å². The van der Waals surface area contributed by atoms with Gasteiger partial charge in [-0.05, 0) is 36.2 Å². The second-order valence-corrected chi connectivity index (χ2v) is 11.8. The Morgan fingerprint density at radius 3 is 2.73 bits per heavy atom. The average molecular weight is 530 g/mol. The molecule has 0 spiro atoms. The molecule has 0 fully saturated rings. The smallest absolute Gasteiger partial charge is 0.242 e. The Bertz CT molecular complexity index is 1330. The lowest BCUT2D eigenvalue weighted by molar-refractivity contribution is -0.136. The van der Waals surface area contributed by atoms with E-state index in [0.717, 1.165) is 16.5 Å². The highest BCUT2D eigenvalue weighted by molar-refractivity contribution is 7.89. The number of hydrogen-bond acceptors (Lipinski definition) is 7. The molecule has 0 saturated carbocycles. The van der Waals surface area contributed by atoms with Gasteiger partial charge in [0.1, 0.15) is 0 Å². The summed E-state index contributed by atoms with van der Waals surface area (Å²) >= 11 is 0. The highest BCUT2D eigenvalue weighted by Crippen LogP contribution is 2.24. The van der Waals surface area contributed by atoms with Crippen LogP contribution in [-0.2, 0) is 32.7 Å². The van der Waals surface area contributed by atoms with Crippen LogP contribution < -0.4 is 0 Å². The van der Waals surface area contributed by atoms with E-state index in [1.54, 1.807) is 47.9 Å². The predicted molar refractivity (Wildman–Crippen MR) is 139 cm³/mol. The van der Waals surface area contributed by atoms with E-state index in [9.17, 15) is 18.3 Å². The molecule has 0 radical (unpaired) electrons. The van der Waals surface area contributed by atoms with Crippen LogP contribution in [0.15, 0.2) is 53.6 Å². The van der Waals surface area contributed by atoms with Gasteiger partial charge in [0.2, 0.25) is 15.9 Å². The Kier molecular flexibility index (Phi) is 8.58. The van der Waals surface area contributed by atoms with Crippen LogP contribution in [0.5, 0.6) is 0 Å². The van der Waals surface area contributed by atoms with Crippen molar-refractivity contribution < 1.29 is 23.1 Å². The summed E-state index contributed by atoms with van der Waals surface area (Å²) in [6.07, 6.45) is 2.02. The number of carbonyl (C=O) groups excluding carboxylic acids is 1. The van der Waals surface area contributed by atoms with Gasteiger partial charge >= 0.3 is 0 Å². The Morgan fingerprint density at radius 2 is 1.97 bits per heavy atom. The highest BCUT2D eigenvalue weighted by atomic mass is 32.2. The fourth-order valence-corrected chi connectivity index (χ4v) is 5.82. The maximum Gasteiger partial charge on any atom is 0.242 e. The molecule has 37 heavy (non-hydrogen) atoms. The molecular weight excluding hydrogens is 494 g/mol. The van der Waals surface area contributed by atoms with Crippen molar-refractivity contribution in [1.29, 1.82) is 0 Å². The number of aromatic nitrogens is 3. The zero-order chi connectivity index (χ0) is 26.6. The summed E-state index contributed by atoms with van der Waals surface area (Å²) in [6.45, 7) is 4.75. The Labute approximate surface area is 217 Å². The summed E-state index contributed by atoms with van der Waals surface area (Å²) < 4.78 is 36.3. The molecule has 3 atom stereocenters. The number of ether oxygens (including phenoxy) is 1. The number of carbonyl (C=O) groups is 1. The number of likely N-dealkylation sites (N-methyl/N-ethyl adjacent to an activating group) is 1. The molecule has 3 aromatic rings. The van der Waals surface area contributed by atoms with Crippen molar-refractivity contribution in [3.63, 3.8) is 0 Å². The van der Waals surface area contributed by atoms with Gasteiger partial charge in [-0.3, -0.25) is 4.79 Å². The van der Waals surface area contributed by atoms with Gasteiger partial charge in [0, 0.05) is 39.0 Å². The van der Waals surface area contributed by atoms with Crippen LogP contribution in [0.3, 0.4) is 0 Å². The van der Waals surface area contributed by atoms with Crippen LogP contribution in [0.2, 0.25) is 0 Å². The molecule has 0 unspecified atom stereocenters. The van der Waals surface area contributed by atoms with E-state index in [2.05, 4.69) is 10.3 Å². The third-order valence-electron chi connectivity index (χ3n) is 7.01. The summed E-state index contributed by atoms with van der Waals surface area (Å²) in [5.74, 6) is -0.275. The monoisotopic (exact) mass is 529 g/mol. The summed E-state index contributed by atoms with van der Waals surface area (Å²) in [6, 6.07) is 12.4. The first-order valence-corrected chi connectivity index (χ1v) is 14.0. The number of aliphatic hydroxyl groups is 1. The van der Waals surface area contributed by atoms with Gasteiger partial charge in [-0.25, -0.2) is 13.1 Å². The molecule has 2 aromatic carbocycles. The third-order valence-corrected chi connectivity index (χ3v) is 8.83. The molecule has 2 heterocycles. The molecule has 1 aromatic heterocycles. The summed E-state index contributed by atoms with van der Waals surface area (Å²) in [4.78, 5) is 14.9. The van der Waals surface area contributed by atoms with Crippen LogP contribution in [0.4, 0.5) is 0 Å². The van der Waals surface area contributed by atoms with Crippen molar-refractivity contribution in [2.45, 2.75) is 56.9 Å². The van der Waals surface area contributed by atoms with Gasteiger partial charge < -0.3 is 14.7 Å². The van der Waals surface area contributed by atoms with Gasteiger partial charge in [-0.15, -0.1) is 5.10 Å². The van der Waals surface area contributed by atoms with Gasteiger partial charge in [-0.1, -0.05) is 42.5 Å². The lowest BCUT2D eigenvalue weighted by Crippen LogP contribution is -2.47. The number of aryl methyl sites for hydroxylation is 1. The lowest BCUT2D eigenvalue weighted by Gasteiger charge is -2.35. The maximum absolute atomic E-state index is 13.5. The fraction of sp³-hybridized carbons (Fsp3) is 0.500. The number of fused-ring (bicyclic) bond motifs is 2. The van der Waals surface area contributed by atoms with E-state index in [1.807, 2.05) is 31.2 Å². The molecule has 200 valence electrons. The molecule has 0 saturated heterocycles. The molecule has 1 aliphatic rings. The number of hydrogen-bond donors (Lipinski definition) is 1. The van der Waals surface area contributed by atoms with Crippen molar-refractivity contribution in [1.82, 2.24) is 24.2 Å². The SMILES string of the molecule is C[C@@H]1CN([C@H](C)CO)C(=O)CCCn2nncc2CO[C@H]1CN(C)S(=O)(=O)c1ccc2ccccc2c1. The molecule has 0 aliphatic carbocycles. The van der Waals surface area contributed by atoms with Gasteiger partial charge in [-0.2, -0.15) is 4.31 Å². The van der Waals surface area contributed by atoms with E-state index in [-0.39, 0.29) is 42.5 Å². The zero-order valence-corrected chi connectivity index (χ0v) is 22.3. The van der Waals surface area contributed by atoms with Gasteiger partial charge in [0.25, 0.3) is 0 Å². The fourth-order valence-electron chi connectivity index (χ4n) is 4.61. The highest BCUT2D eigenvalue weighted by Gasteiger charge is 2.31. The van der Waals surface area contributed by atoms with Crippen LogP contribution in [0.1, 0.15) is 32.4 Å². The van der Waals surface area contributed by atoms with Crippen LogP contribution in [-0.4, -0.2) is 82.5 Å². The minimum atomic E-state index is -3.80. The van der Waals surface area contributed by atoms with E-state index < -0.39 is 16.1 Å². The molecule has 0 bridgehead atoms. The first kappa shape index (κ1) is 27.2. The molecule has 1 amide bonds. The second kappa shape index (κ2) is 11.7. The Balaban J connectivity index is 1.60. The zero-order valence-electron chi connectivity index (χ0n) is 21.5. The van der Waals surface area contributed by atoms with Crippen molar-refractivity contribution >= 4 is 26.7 Å². The number of benzene rings is 2. The molecule has 11 heteroatoms. The van der Waals surface area contributed by atoms with Gasteiger partial charge in [0.15, 0.2) is 0 Å². The normalized spacial score (nSPS) is 20.9. The Hall–Kier alpha value is -2.86. The van der Waals surface area contributed by atoms with Crippen molar-refractivity contribution in [3.8, 4) is 0 Å². The largest absolute Gasteiger partial charge is 0.394 e. The summed E-state index contributed by atoms with van der Waals surface area (Å²) in [5.41, 5.74) is 0.769. The number of rotatable bonds is 6.